The Balaban J connectivity index is 3.20. The summed E-state index contributed by atoms with van der Waals surface area (Å²) in [4.78, 5) is 10.3. The lowest BCUT2D eigenvalue weighted by molar-refractivity contribution is -0.137. The van der Waals surface area contributed by atoms with Crippen LogP contribution in [0.3, 0.4) is 0 Å². The van der Waals surface area contributed by atoms with Gasteiger partial charge in [-0.15, -0.1) is 0 Å². The highest BCUT2D eigenvalue weighted by molar-refractivity contribution is 5.66. The second kappa shape index (κ2) is 15.0. The van der Waals surface area contributed by atoms with Crippen LogP contribution in [0, 0.1) is 0 Å². The van der Waals surface area contributed by atoms with Crippen molar-refractivity contribution in [3.8, 4) is 0 Å². The molecule has 0 aliphatic rings. The van der Waals surface area contributed by atoms with E-state index in [2.05, 4.69) is 24.3 Å². The van der Waals surface area contributed by atoms with Gasteiger partial charge in [0.05, 0.1) is 0 Å². The predicted octanol–water partition coefficient (Wildman–Crippen LogP) is 4.08. The average molecular weight is 268 g/mol. The van der Waals surface area contributed by atoms with Crippen LogP contribution in [0.15, 0.2) is 24.3 Å². The van der Waals surface area contributed by atoms with Crippen molar-refractivity contribution in [3.05, 3.63) is 24.3 Å². The molecule has 0 spiro atoms. The highest BCUT2D eigenvalue weighted by Gasteiger charge is 1.92. The fraction of sp³-hybridized carbons (Fsp3) is 0.688. The summed E-state index contributed by atoms with van der Waals surface area (Å²) in [5, 5.41) is 17.1. The molecule has 0 aromatic heterocycles. The Morgan fingerprint density at radius 1 is 0.789 bits per heavy atom. The normalized spacial score (nSPS) is 11.6. The molecule has 0 heterocycles. The number of carbonyl (C=O) groups is 1. The molecule has 0 saturated heterocycles. The van der Waals surface area contributed by atoms with Crippen LogP contribution in [0.1, 0.15) is 64.2 Å². The first-order chi connectivity index (χ1) is 9.27. The van der Waals surface area contributed by atoms with Gasteiger partial charge in [0.1, 0.15) is 0 Å². The average Bonchev–Trinajstić information content (AvgIpc) is 2.39. The number of aliphatic hydroxyl groups is 1. The molecule has 0 rings (SSSR count). The number of unbranched alkanes of at least 4 members (excludes halogenated alkanes) is 6. The number of rotatable bonds is 13. The van der Waals surface area contributed by atoms with Gasteiger partial charge in [0.25, 0.3) is 0 Å². The van der Waals surface area contributed by atoms with E-state index in [4.69, 9.17) is 10.2 Å². The topological polar surface area (TPSA) is 57.5 Å². The number of aliphatic hydroxyl groups excluding tert-OH is 1. The van der Waals surface area contributed by atoms with Crippen molar-refractivity contribution in [3.63, 3.8) is 0 Å². The number of allylic oxidation sites excluding steroid dienone is 4. The summed E-state index contributed by atoms with van der Waals surface area (Å²) in [5.41, 5.74) is 0. The minimum Gasteiger partial charge on any atom is -0.481 e. The zero-order chi connectivity index (χ0) is 14.2. The summed E-state index contributed by atoms with van der Waals surface area (Å²) in [7, 11) is 0. The number of hydrogen-bond acceptors (Lipinski definition) is 2. The molecule has 0 aromatic carbocycles. The van der Waals surface area contributed by atoms with Crippen LogP contribution in [0.25, 0.3) is 0 Å². The van der Waals surface area contributed by atoms with Crippen LogP contribution < -0.4 is 0 Å². The van der Waals surface area contributed by atoms with Crippen molar-refractivity contribution in [2.24, 2.45) is 0 Å². The Bertz CT molecular complexity index is 257. The largest absolute Gasteiger partial charge is 0.481 e. The van der Waals surface area contributed by atoms with Gasteiger partial charge in [-0.3, -0.25) is 4.79 Å². The van der Waals surface area contributed by atoms with E-state index in [0.717, 1.165) is 38.5 Å². The molecule has 2 N–H and O–H groups in total. The van der Waals surface area contributed by atoms with Crippen molar-refractivity contribution in [1.82, 2.24) is 0 Å². The second-order valence-electron chi connectivity index (χ2n) is 4.74. The van der Waals surface area contributed by atoms with Gasteiger partial charge in [-0.25, -0.2) is 0 Å². The van der Waals surface area contributed by atoms with Crippen LogP contribution in [-0.2, 0) is 4.79 Å². The van der Waals surface area contributed by atoms with Gasteiger partial charge >= 0.3 is 5.97 Å². The summed E-state index contributed by atoms with van der Waals surface area (Å²) in [6.07, 6.45) is 18.2. The zero-order valence-corrected chi connectivity index (χ0v) is 11.9. The molecule has 0 atom stereocenters. The lowest BCUT2D eigenvalue weighted by Gasteiger charge is -1.97. The summed E-state index contributed by atoms with van der Waals surface area (Å²) >= 11 is 0. The standard InChI is InChI=1S/C16H28O3/c17-15-13-11-9-7-5-3-1-2-4-6-8-10-12-14-16(18)19/h1-2,6,8,17H,3-5,7,9-15H2,(H,18,19)/b2-1-,8-6-. The molecule has 0 aliphatic carbocycles. The summed E-state index contributed by atoms with van der Waals surface area (Å²) in [6.45, 7) is 0.318. The maximum Gasteiger partial charge on any atom is 0.303 e. The fourth-order valence-corrected chi connectivity index (χ4v) is 1.78. The molecule has 0 bridgehead atoms. The molecule has 0 saturated carbocycles. The zero-order valence-electron chi connectivity index (χ0n) is 11.9. The minimum absolute atomic E-state index is 0.260. The predicted molar refractivity (Wildman–Crippen MR) is 79.2 cm³/mol. The minimum atomic E-state index is -0.715. The van der Waals surface area contributed by atoms with E-state index in [0.29, 0.717) is 6.61 Å². The first-order valence-electron chi connectivity index (χ1n) is 7.40. The molecule has 19 heavy (non-hydrogen) atoms. The second-order valence-corrected chi connectivity index (χ2v) is 4.74. The lowest BCUT2D eigenvalue weighted by atomic mass is 10.1. The van der Waals surface area contributed by atoms with Crippen molar-refractivity contribution in [2.45, 2.75) is 64.2 Å². The Labute approximate surface area is 117 Å². The first kappa shape index (κ1) is 17.9. The van der Waals surface area contributed by atoms with Gasteiger partial charge in [0.15, 0.2) is 0 Å². The van der Waals surface area contributed by atoms with E-state index in [1.54, 1.807) is 0 Å². The molecule has 0 amide bonds. The van der Waals surface area contributed by atoms with Crippen LogP contribution >= 0.6 is 0 Å². The third-order valence-electron chi connectivity index (χ3n) is 2.90. The van der Waals surface area contributed by atoms with Gasteiger partial charge in [0.2, 0.25) is 0 Å². The fourth-order valence-electron chi connectivity index (χ4n) is 1.78. The molecule has 0 fully saturated rings. The highest BCUT2D eigenvalue weighted by atomic mass is 16.4. The molecule has 0 radical (unpaired) electrons. The van der Waals surface area contributed by atoms with E-state index in [9.17, 15) is 4.79 Å². The van der Waals surface area contributed by atoms with Crippen molar-refractivity contribution >= 4 is 5.97 Å². The van der Waals surface area contributed by atoms with Crippen LogP contribution in [0.5, 0.6) is 0 Å². The summed E-state index contributed by atoms with van der Waals surface area (Å²) < 4.78 is 0. The van der Waals surface area contributed by atoms with Crippen molar-refractivity contribution in [2.75, 3.05) is 6.61 Å². The van der Waals surface area contributed by atoms with Crippen LogP contribution in [0.2, 0.25) is 0 Å². The SMILES string of the molecule is O=C(O)CCC/C=C\C/C=C\CCCCCCCO. The number of aliphatic carboxylic acids is 1. The molecular weight excluding hydrogens is 240 g/mol. The maximum atomic E-state index is 10.3. The van der Waals surface area contributed by atoms with Crippen molar-refractivity contribution in [1.29, 1.82) is 0 Å². The molecule has 0 aliphatic heterocycles. The van der Waals surface area contributed by atoms with E-state index in [1.807, 2.05) is 0 Å². The number of carboxylic acid groups (broad SMARTS) is 1. The van der Waals surface area contributed by atoms with Crippen molar-refractivity contribution < 1.29 is 15.0 Å². The quantitative estimate of drug-likeness (QED) is 0.391. The van der Waals surface area contributed by atoms with E-state index < -0.39 is 5.97 Å². The molecule has 3 heteroatoms. The third-order valence-corrected chi connectivity index (χ3v) is 2.90. The lowest BCUT2D eigenvalue weighted by Crippen LogP contribution is -1.92. The Hall–Kier alpha value is -1.09. The number of carboxylic acids is 1. The Morgan fingerprint density at radius 3 is 2.00 bits per heavy atom. The monoisotopic (exact) mass is 268 g/mol. The molecule has 0 unspecified atom stereocenters. The van der Waals surface area contributed by atoms with E-state index in [1.165, 1.54) is 19.3 Å². The van der Waals surface area contributed by atoms with Gasteiger partial charge in [-0.1, -0.05) is 43.6 Å². The summed E-state index contributed by atoms with van der Waals surface area (Å²) in [5.74, 6) is -0.715. The van der Waals surface area contributed by atoms with Gasteiger partial charge in [0, 0.05) is 13.0 Å². The van der Waals surface area contributed by atoms with Gasteiger partial charge < -0.3 is 10.2 Å². The molecule has 0 aromatic rings. The van der Waals surface area contributed by atoms with Gasteiger partial charge in [-0.2, -0.15) is 0 Å². The Morgan fingerprint density at radius 2 is 1.37 bits per heavy atom. The smallest absolute Gasteiger partial charge is 0.303 e. The highest BCUT2D eigenvalue weighted by Crippen LogP contribution is 2.06. The first-order valence-corrected chi connectivity index (χ1v) is 7.40. The number of hydrogen-bond donors (Lipinski definition) is 2. The van der Waals surface area contributed by atoms with Crippen LogP contribution in [-0.4, -0.2) is 22.8 Å². The maximum absolute atomic E-state index is 10.3. The van der Waals surface area contributed by atoms with E-state index >= 15 is 0 Å². The van der Waals surface area contributed by atoms with Crippen LogP contribution in [0.4, 0.5) is 0 Å². The molecule has 110 valence electrons. The Kier molecular flexibility index (Phi) is 14.1. The van der Waals surface area contributed by atoms with E-state index in [-0.39, 0.29) is 6.42 Å². The molecule has 3 nitrogen and oxygen atoms in total. The molecular formula is C16H28O3. The van der Waals surface area contributed by atoms with Gasteiger partial charge in [-0.05, 0) is 38.5 Å². The third kappa shape index (κ3) is 16.9. The summed E-state index contributed by atoms with van der Waals surface area (Å²) in [6, 6.07) is 0.